The van der Waals surface area contributed by atoms with Gasteiger partial charge < -0.3 is 5.32 Å². The van der Waals surface area contributed by atoms with E-state index in [0.717, 1.165) is 5.56 Å². The van der Waals surface area contributed by atoms with Crippen LogP contribution in [0.4, 0.5) is 5.69 Å². The van der Waals surface area contributed by atoms with Crippen molar-refractivity contribution in [3.8, 4) is 0 Å². The van der Waals surface area contributed by atoms with Gasteiger partial charge in [0.15, 0.2) is 11.6 Å². The van der Waals surface area contributed by atoms with Crippen LogP contribution in [-0.4, -0.2) is 17.5 Å². The van der Waals surface area contributed by atoms with Crippen LogP contribution in [0.15, 0.2) is 78.9 Å². The van der Waals surface area contributed by atoms with E-state index >= 15 is 0 Å². The van der Waals surface area contributed by atoms with Gasteiger partial charge in [-0.1, -0.05) is 48.5 Å². The molecule has 0 aliphatic rings. The summed E-state index contributed by atoms with van der Waals surface area (Å²) in [7, 11) is 0. The molecule has 0 saturated carbocycles. The molecular weight excluding hydrogens is 350 g/mol. The molecule has 0 fully saturated rings. The second-order valence-corrected chi connectivity index (χ2v) is 6.67. The Hall–Kier alpha value is -3.53. The second kappa shape index (κ2) is 8.44. The number of hydrogen-bond donors (Lipinski definition) is 1. The maximum atomic E-state index is 12.6. The number of ketones is 2. The fraction of sp³-hybridized carbons (Fsp3) is 0.125. The van der Waals surface area contributed by atoms with Gasteiger partial charge in [0.25, 0.3) is 0 Å². The van der Waals surface area contributed by atoms with Crippen LogP contribution in [0.25, 0.3) is 0 Å². The lowest BCUT2D eigenvalue weighted by Crippen LogP contribution is -2.19. The summed E-state index contributed by atoms with van der Waals surface area (Å²) in [5.74, 6) is -0.711. The summed E-state index contributed by atoms with van der Waals surface area (Å²) < 4.78 is 0. The van der Waals surface area contributed by atoms with Crippen molar-refractivity contribution in [2.75, 3.05) is 5.32 Å². The number of carbonyl (C=O) groups excluding carboxylic acids is 3. The van der Waals surface area contributed by atoms with Crippen molar-refractivity contribution in [1.29, 1.82) is 0 Å². The molecule has 3 aromatic rings. The fourth-order valence-corrected chi connectivity index (χ4v) is 2.90. The molecule has 3 rings (SSSR count). The van der Waals surface area contributed by atoms with E-state index in [-0.39, 0.29) is 17.5 Å². The number of anilines is 1. The maximum absolute atomic E-state index is 12.6. The van der Waals surface area contributed by atoms with Crippen LogP contribution in [0.5, 0.6) is 0 Å². The minimum Gasteiger partial charge on any atom is -0.326 e. The molecule has 0 bridgehead atoms. The zero-order valence-electron chi connectivity index (χ0n) is 15.8. The number of carbonyl (C=O) groups is 3. The van der Waals surface area contributed by atoms with Crippen molar-refractivity contribution in [3.05, 3.63) is 101 Å². The van der Waals surface area contributed by atoms with Crippen molar-refractivity contribution in [3.63, 3.8) is 0 Å². The van der Waals surface area contributed by atoms with Crippen LogP contribution >= 0.6 is 0 Å². The van der Waals surface area contributed by atoms with E-state index in [9.17, 15) is 14.4 Å². The zero-order chi connectivity index (χ0) is 20.1. The Morgan fingerprint density at radius 2 is 1.39 bits per heavy atom. The third-order valence-electron chi connectivity index (χ3n) is 4.64. The molecule has 0 aliphatic carbocycles. The highest BCUT2D eigenvalue weighted by Crippen LogP contribution is 2.21. The topological polar surface area (TPSA) is 63.2 Å². The number of nitrogens with one attached hydrogen (secondary N) is 1. The highest BCUT2D eigenvalue weighted by atomic mass is 16.2. The van der Waals surface area contributed by atoms with Gasteiger partial charge in [-0.15, -0.1) is 0 Å². The molecule has 0 radical (unpaired) electrons. The SMILES string of the molecule is CC(=O)c1ccc(NC(=O)C(C)c2cccc(C(=O)c3ccccc3)c2)cc1. The zero-order valence-corrected chi connectivity index (χ0v) is 15.8. The predicted molar refractivity (Wildman–Crippen MR) is 110 cm³/mol. The third-order valence-corrected chi connectivity index (χ3v) is 4.64. The molecule has 3 aromatic carbocycles. The van der Waals surface area contributed by atoms with Gasteiger partial charge in [0.1, 0.15) is 0 Å². The molecule has 0 spiro atoms. The Morgan fingerprint density at radius 1 is 0.750 bits per heavy atom. The van der Waals surface area contributed by atoms with Gasteiger partial charge in [-0.05, 0) is 49.7 Å². The van der Waals surface area contributed by atoms with Gasteiger partial charge in [-0.3, -0.25) is 14.4 Å². The normalized spacial score (nSPS) is 11.5. The lowest BCUT2D eigenvalue weighted by molar-refractivity contribution is -0.117. The number of rotatable bonds is 6. The van der Waals surface area contributed by atoms with Crippen LogP contribution in [0, 0.1) is 0 Å². The van der Waals surface area contributed by atoms with Gasteiger partial charge >= 0.3 is 0 Å². The van der Waals surface area contributed by atoms with E-state index in [4.69, 9.17) is 0 Å². The second-order valence-electron chi connectivity index (χ2n) is 6.67. The summed E-state index contributed by atoms with van der Waals surface area (Å²) in [4.78, 5) is 36.6. The molecule has 1 atom stereocenters. The number of benzene rings is 3. The Morgan fingerprint density at radius 3 is 2.04 bits per heavy atom. The van der Waals surface area contributed by atoms with E-state index in [1.54, 1.807) is 61.5 Å². The molecule has 4 heteroatoms. The minimum atomic E-state index is -0.434. The molecular formula is C24H21NO3. The molecule has 1 unspecified atom stereocenters. The molecule has 1 amide bonds. The first kappa shape index (κ1) is 19.2. The van der Waals surface area contributed by atoms with Gasteiger partial charge in [0.2, 0.25) is 5.91 Å². The van der Waals surface area contributed by atoms with Crippen LogP contribution in [0.1, 0.15) is 51.6 Å². The van der Waals surface area contributed by atoms with Gasteiger partial charge in [0.05, 0.1) is 5.92 Å². The van der Waals surface area contributed by atoms with Crippen molar-refractivity contribution in [1.82, 2.24) is 0 Å². The first-order chi connectivity index (χ1) is 13.5. The first-order valence-corrected chi connectivity index (χ1v) is 9.07. The minimum absolute atomic E-state index is 0.0221. The molecule has 0 aromatic heterocycles. The molecule has 4 nitrogen and oxygen atoms in total. The monoisotopic (exact) mass is 371 g/mol. The quantitative estimate of drug-likeness (QED) is 0.629. The largest absolute Gasteiger partial charge is 0.326 e. The van der Waals surface area contributed by atoms with Gasteiger partial charge in [-0.2, -0.15) is 0 Å². The van der Waals surface area contributed by atoms with Crippen molar-refractivity contribution >= 4 is 23.2 Å². The molecule has 1 N–H and O–H groups in total. The van der Waals surface area contributed by atoms with Crippen molar-refractivity contribution in [2.45, 2.75) is 19.8 Å². The van der Waals surface area contributed by atoms with E-state index < -0.39 is 5.92 Å². The molecule has 0 saturated heterocycles. The summed E-state index contributed by atoms with van der Waals surface area (Å²) in [6, 6.07) is 23.0. The lowest BCUT2D eigenvalue weighted by Gasteiger charge is -2.14. The van der Waals surface area contributed by atoms with E-state index in [2.05, 4.69) is 5.32 Å². The van der Waals surface area contributed by atoms with E-state index in [0.29, 0.717) is 22.4 Å². The van der Waals surface area contributed by atoms with Crippen LogP contribution in [0.3, 0.4) is 0 Å². The Balaban J connectivity index is 1.75. The molecule has 0 aliphatic heterocycles. The number of hydrogen-bond acceptors (Lipinski definition) is 3. The molecule has 28 heavy (non-hydrogen) atoms. The summed E-state index contributed by atoms with van der Waals surface area (Å²) in [5, 5.41) is 2.85. The number of Topliss-reactive ketones (excluding diaryl/α,β-unsaturated/α-hetero) is 1. The highest BCUT2D eigenvalue weighted by Gasteiger charge is 2.17. The van der Waals surface area contributed by atoms with E-state index in [1.807, 2.05) is 24.3 Å². The Kier molecular flexibility index (Phi) is 5.80. The predicted octanol–water partition coefficient (Wildman–Crippen LogP) is 4.86. The third kappa shape index (κ3) is 4.41. The first-order valence-electron chi connectivity index (χ1n) is 9.07. The van der Waals surface area contributed by atoms with Gasteiger partial charge in [-0.25, -0.2) is 0 Å². The average molecular weight is 371 g/mol. The van der Waals surface area contributed by atoms with Crippen LogP contribution in [0.2, 0.25) is 0 Å². The number of amides is 1. The standard InChI is InChI=1S/C24H21NO3/c1-16(24(28)25-22-13-11-18(12-14-22)17(2)26)20-9-6-10-21(15-20)23(27)19-7-4-3-5-8-19/h3-16H,1-2H3,(H,25,28). The Bertz CT molecular complexity index is 1010. The smallest absolute Gasteiger partial charge is 0.231 e. The van der Waals surface area contributed by atoms with Crippen LogP contribution in [-0.2, 0) is 4.79 Å². The Labute approximate surface area is 164 Å². The van der Waals surface area contributed by atoms with Gasteiger partial charge in [0, 0.05) is 22.4 Å². The summed E-state index contributed by atoms with van der Waals surface area (Å²) in [5.41, 5.74) is 3.15. The lowest BCUT2D eigenvalue weighted by atomic mass is 9.95. The van der Waals surface area contributed by atoms with Crippen molar-refractivity contribution < 1.29 is 14.4 Å². The van der Waals surface area contributed by atoms with Crippen LogP contribution < -0.4 is 5.32 Å². The fourth-order valence-electron chi connectivity index (χ4n) is 2.90. The summed E-state index contributed by atoms with van der Waals surface area (Å²) in [6.07, 6.45) is 0. The summed E-state index contributed by atoms with van der Waals surface area (Å²) in [6.45, 7) is 3.30. The highest BCUT2D eigenvalue weighted by molar-refractivity contribution is 6.09. The molecule has 0 heterocycles. The van der Waals surface area contributed by atoms with Crippen molar-refractivity contribution in [2.24, 2.45) is 0 Å². The average Bonchev–Trinajstić information content (AvgIpc) is 2.73. The summed E-state index contributed by atoms with van der Waals surface area (Å²) >= 11 is 0. The molecule has 140 valence electrons. The maximum Gasteiger partial charge on any atom is 0.231 e. The van der Waals surface area contributed by atoms with E-state index in [1.165, 1.54) is 6.92 Å².